The first kappa shape index (κ1) is 19.2. The van der Waals surface area contributed by atoms with Crippen molar-refractivity contribution in [2.75, 3.05) is 5.32 Å². The molecule has 0 aliphatic carbocycles. The maximum absolute atomic E-state index is 13.6. The zero-order chi connectivity index (χ0) is 21.4. The average molecular weight is 432 g/mol. The number of rotatable bonds is 5. The number of halogens is 1. The minimum absolute atomic E-state index is 0.216. The van der Waals surface area contributed by atoms with Crippen LogP contribution in [0.3, 0.4) is 0 Å². The largest absolute Gasteiger partial charge is 0.358 e. The Kier molecular flexibility index (Phi) is 4.83. The number of imidazole rings is 1. The number of hydrogen-bond acceptors (Lipinski definition) is 6. The molecule has 3 heterocycles. The van der Waals surface area contributed by atoms with Crippen molar-refractivity contribution in [1.82, 2.24) is 29.5 Å². The van der Waals surface area contributed by atoms with Gasteiger partial charge in [-0.25, -0.2) is 19.9 Å². The van der Waals surface area contributed by atoms with E-state index in [-0.39, 0.29) is 11.6 Å². The first-order valence-electron chi connectivity index (χ1n) is 9.84. The summed E-state index contributed by atoms with van der Waals surface area (Å²) in [6, 6.07) is 14.4. The van der Waals surface area contributed by atoms with Crippen LogP contribution in [-0.4, -0.2) is 29.5 Å². The van der Waals surface area contributed by atoms with E-state index in [9.17, 15) is 4.79 Å². The van der Waals surface area contributed by atoms with Gasteiger partial charge < -0.3 is 10.3 Å². The molecule has 0 aliphatic rings. The predicted molar refractivity (Wildman–Crippen MR) is 121 cm³/mol. The summed E-state index contributed by atoms with van der Waals surface area (Å²) in [6.45, 7) is 2.02. The van der Waals surface area contributed by atoms with Crippen LogP contribution in [-0.2, 0) is 0 Å². The van der Waals surface area contributed by atoms with Gasteiger partial charge in [0.25, 0.3) is 5.56 Å². The topological polar surface area (TPSA) is 101 Å². The Morgan fingerprint density at radius 2 is 1.94 bits per heavy atom. The van der Waals surface area contributed by atoms with Crippen LogP contribution < -0.4 is 10.9 Å². The maximum atomic E-state index is 13.6. The number of nitrogens with zero attached hydrogens (tertiary/aromatic N) is 5. The molecule has 0 aliphatic heterocycles. The van der Waals surface area contributed by atoms with Crippen LogP contribution in [0.15, 0.2) is 66.0 Å². The van der Waals surface area contributed by atoms with E-state index in [0.29, 0.717) is 50.8 Å². The lowest BCUT2D eigenvalue weighted by Gasteiger charge is -2.22. The van der Waals surface area contributed by atoms with Crippen molar-refractivity contribution in [1.29, 1.82) is 0 Å². The predicted octanol–water partition coefficient (Wildman–Crippen LogP) is 4.27. The van der Waals surface area contributed by atoms with E-state index in [4.69, 9.17) is 16.6 Å². The standard InChI is InChI=1S/C22H18ClN7O/c1-2-15(28-20-18-19(25-11-24-18)26-12-27-20)21-29-16-10-6-9-14(23)17(16)22(31)30(21)13-7-4-3-5-8-13/h3-12,15H,2H2,1H3,(H2,24,25,26,27,28). The quantitative estimate of drug-likeness (QED) is 0.431. The number of anilines is 1. The fraction of sp³-hybridized carbons (Fsp3) is 0.136. The summed E-state index contributed by atoms with van der Waals surface area (Å²) in [6.07, 6.45) is 3.68. The highest BCUT2D eigenvalue weighted by atomic mass is 35.5. The summed E-state index contributed by atoms with van der Waals surface area (Å²) >= 11 is 6.37. The smallest absolute Gasteiger partial charge is 0.267 e. The Labute approximate surface area is 182 Å². The summed E-state index contributed by atoms with van der Waals surface area (Å²) in [4.78, 5) is 34.2. The second-order valence-electron chi connectivity index (χ2n) is 7.01. The van der Waals surface area contributed by atoms with Crippen molar-refractivity contribution in [2.24, 2.45) is 0 Å². The van der Waals surface area contributed by atoms with E-state index in [2.05, 4.69) is 25.3 Å². The number of para-hydroxylation sites is 1. The van der Waals surface area contributed by atoms with Gasteiger partial charge >= 0.3 is 0 Å². The second kappa shape index (κ2) is 7.81. The number of fused-ring (bicyclic) bond motifs is 2. The van der Waals surface area contributed by atoms with Crippen molar-refractivity contribution < 1.29 is 0 Å². The SMILES string of the molecule is CCC(Nc1ncnc2nc[nH]c12)c1nc2cccc(Cl)c2c(=O)n1-c1ccccc1. The zero-order valence-corrected chi connectivity index (χ0v) is 17.3. The molecule has 3 aromatic heterocycles. The Morgan fingerprint density at radius 3 is 2.74 bits per heavy atom. The molecule has 0 fully saturated rings. The zero-order valence-electron chi connectivity index (χ0n) is 16.6. The number of benzene rings is 2. The molecule has 0 radical (unpaired) electrons. The molecule has 2 aromatic carbocycles. The van der Waals surface area contributed by atoms with Crippen LogP contribution in [0.4, 0.5) is 5.82 Å². The van der Waals surface area contributed by atoms with Crippen molar-refractivity contribution >= 4 is 39.5 Å². The molecular formula is C22H18ClN7O. The molecule has 1 unspecified atom stereocenters. The van der Waals surface area contributed by atoms with Gasteiger partial charge in [-0.1, -0.05) is 42.8 Å². The van der Waals surface area contributed by atoms with Gasteiger partial charge in [0.1, 0.15) is 17.7 Å². The van der Waals surface area contributed by atoms with Crippen molar-refractivity contribution in [2.45, 2.75) is 19.4 Å². The molecular weight excluding hydrogens is 414 g/mol. The molecule has 154 valence electrons. The third-order valence-corrected chi connectivity index (χ3v) is 5.46. The molecule has 31 heavy (non-hydrogen) atoms. The van der Waals surface area contributed by atoms with E-state index in [1.165, 1.54) is 6.33 Å². The highest BCUT2D eigenvalue weighted by Gasteiger charge is 2.22. The van der Waals surface area contributed by atoms with Crippen molar-refractivity contribution in [3.8, 4) is 5.69 Å². The summed E-state index contributed by atoms with van der Waals surface area (Å²) in [5, 5.41) is 4.18. The fourth-order valence-corrected chi connectivity index (χ4v) is 3.91. The Hall–Kier alpha value is -3.78. The van der Waals surface area contributed by atoms with E-state index >= 15 is 0 Å². The molecule has 5 aromatic rings. The number of nitrogens with one attached hydrogen (secondary N) is 2. The van der Waals surface area contributed by atoms with E-state index in [1.807, 2.05) is 37.3 Å². The Bertz CT molecular complexity index is 1450. The van der Waals surface area contributed by atoms with Crippen LogP contribution in [0.25, 0.3) is 27.8 Å². The van der Waals surface area contributed by atoms with Gasteiger partial charge in [0.2, 0.25) is 0 Å². The van der Waals surface area contributed by atoms with Crippen LogP contribution in [0, 0.1) is 0 Å². The summed E-state index contributed by atoms with van der Waals surface area (Å²) in [5.41, 5.74) is 2.30. The van der Waals surface area contributed by atoms with Gasteiger partial charge in [-0.15, -0.1) is 0 Å². The van der Waals surface area contributed by atoms with Crippen LogP contribution in [0.5, 0.6) is 0 Å². The van der Waals surface area contributed by atoms with E-state index in [0.717, 1.165) is 0 Å². The first-order valence-corrected chi connectivity index (χ1v) is 10.2. The monoisotopic (exact) mass is 431 g/mol. The molecule has 0 amide bonds. The second-order valence-corrected chi connectivity index (χ2v) is 7.42. The minimum Gasteiger partial charge on any atom is -0.358 e. The first-order chi connectivity index (χ1) is 15.2. The lowest BCUT2D eigenvalue weighted by Crippen LogP contribution is -2.28. The lowest BCUT2D eigenvalue weighted by atomic mass is 10.1. The van der Waals surface area contributed by atoms with Gasteiger partial charge in [0, 0.05) is 0 Å². The molecule has 0 bridgehead atoms. The van der Waals surface area contributed by atoms with Crippen LogP contribution in [0.2, 0.25) is 5.02 Å². The summed E-state index contributed by atoms with van der Waals surface area (Å²) in [7, 11) is 0. The Balaban J connectivity index is 1.74. The van der Waals surface area contributed by atoms with Gasteiger partial charge in [0.15, 0.2) is 11.5 Å². The average Bonchev–Trinajstić information content (AvgIpc) is 3.27. The van der Waals surface area contributed by atoms with Crippen LogP contribution in [0.1, 0.15) is 25.2 Å². The maximum Gasteiger partial charge on any atom is 0.267 e. The van der Waals surface area contributed by atoms with Gasteiger partial charge in [-0.2, -0.15) is 0 Å². The third-order valence-electron chi connectivity index (χ3n) is 5.14. The summed E-state index contributed by atoms with van der Waals surface area (Å²) in [5.74, 6) is 1.16. The summed E-state index contributed by atoms with van der Waals surface area (Å²) < 4.78 is 1.61. The molecule has 1 atom stereocenters. The van der Waals surface area contributed by atoms with Gasteiger partial charge in [0.05, 0.1) is 34.0 Å². The molecule has 0 spiro atoms. The number of aromatic amines is 1. The lowest BCUT2D eigenvalue weighted by molar-refractivity contribution is 0.659. The van der Waals surface area contributed by atoms with Crippen molar-refractivity contribution in [3.63, 3.8) is 0 Å². The van der Waals surface area contributed by atoms with E-state index in [1.54, 1.807) is 29.1 Å². The highest BCUT2D eigenvalue weighted by Crippen LogP contribution is 2.27. The molecule has 5 rings (SSSR count). The molecule has 2 N–H and O–H groups in total. The molecule has 8 nitrogen and oxygen atoms in total. The van der Waals surface area contributed by atoms with Crippen LogP contribution >= 0.6 is 11.6 Å². The number of hydrogen-bond donors (Lipinski definition) is 2. The highest BCUT2D eigenvalue weighted by molar-refractivity contribution is 6.35. The number of aromatic nitrogens is 6. The molecule has 9 heteroatoms. The normalized spacial score (nSPS) is 12.3. The fourth-order valence-electron chi connectivity index (χ4n) is 3.66. The van der Waals surface area contributed by atoms with Gasteiger partial charge in [-0.3, -0.25) is 9.36 Å². The van der Waals surface area contributed by atoms with Crippen molar-refractivity contribution in [3.05, 3.63) is 82.4 Å². The van der Waals surface area contributed by atoms with E-state index < -0.39 is 0 Å². The minimum atomic E-state index is -0.308. The van der Waals surface area contributed by atoms with Gasteiger partial charge in [-0.05, 0) is 30.7 Å². The number of H-pyrrole nitrogens is 1. The molecule has 0 saturated carbocycles. The molecule has 0 saturated heterocycles. The third kappa shape index (κ3) is 3.30. The Morgan fingerprint density at radius 1 is 1.10 bits per heavy atom.